The molecular formula is C26H21N3O2. The van der Waals surface area contributed by atoms with E-state index in [0.717, 1.165) is 28.0 Å². The molecule has 0 atom stereocenters. The molecule has 31 heavy (non-hydrogen) atoms. The molecule has 0 aliphatic carbocycles. The van der Waals surface area contributed by atoms with Crippen molar-refractivity contribution in [2.45, 2.75) is 13.8 Å². The van der Waals surface area contributed by atoms with Gasteiger partial charge in [-0.1, -0.05) is 30.3 Å². The zero-order valence-corrected chi connectivity index (χ0v) is 17.3. The first kappa shape index (κ1) is 20.0. The Morgan fingerprint density at radius 2 is 1.71 bits per heavy atom. The Bertz CT molecular complexity index is 1360. The molecule has 0 radical (unpaired) electrons. The standard InChI is InChI=1S/C26H21N3O2/c1-17-13-21(14-22(16-27)26(31)28-23-8-11-25(30)12-9-23)18(2)29(17)24-10-7-19-5-3-4-6-20(19)15-24/h3-15,30H,1-2H3,(H,28,31). The number of nitrogens with zero attached hydrogens (tertiary/aromatic N) is 2. The van der Waals surface area contributed by atoms with Gasteiger partial charge in [0.25, 0.3) is 5.91 Å². The molecule has 5 nitrogen and oxygen atoms in total. The fraction of sp³-hybridized carbons (Fsp3) is 0.0769. The Kier molecular flexibility index (Phi) is 5.30. The molecule has 0 saturated carbocycles. The summed E-state index contributed by atoms with van der Waals surface area (Å²) in [5, 5.41) is 23.9. The quantitative estimate of drug-likeness (QED) is 0.266. The normalized spacial score (nSPS) is 11.3. The van der Waals surface area contributed by atoms with Gasteiger partial charge in [0.1, 0.15) is 17.4 Å². The first-order valence-corrected chi connectivity index (χ1v) is 9.86. The van der Waals surface area contributed by atoms with Crippen LogP contribution < -0.4 is 5.32 Å². The molecule has 0 spiro atoms. The van der Waals surface area contributed by atoms with Gasteiger partial charge in [0, 0.05) is 22.8 Å². The monoisotopic (exact) mass is 407 g/mol. The Labute approximate surface area is 180 Å². The Hall–Kier alpha value is -4.30. The molecule has 0 fully saturated rings. The van der Waals surface area contributed by atoms with Crippen LogP contribution in [0, 0.1) is 25.2 Å². The number of anilines is 1. The van der Waals surface area contributed by atoms with Crippen molar-refractivity contribution in [1.29, 1.82) is 5.26 Å². The number of benzene rings is 3. The van der Waals surface area contributed by atoms with Gasteiger partial charge in [-0.15, -0.1) is 0 Å². The third-order valence-electron chi connectivity index (χ3n) is 5.25. The van der Waals surface area contributed by atoms with Crippen LogP contribution in [0.5, 0.6) is 5.75 Å². The number of rotatable bonds is 4. The van der Waals surface area contributed by atoms with Gasteiger partial charge < -0.3 is 15.0 Å². The molecule has 5 heteroatoms. The van der Waals surface area contributed by atoms with Crippen LogP contribution in [-0.4, -0.2) is 15.6 Å². The van der Waals surface area contributed by atoms with Crippen LogP contribution in [-0.2, 0) is 4.79 Å². The van der Waals surface area contributed by atoms with Gasteiger partial charge in [-0.3, -0.25) is 4.79 Å². The van der Waals surface area contributed by atoms with Gasteiger partial charge in [0.2, 0.25) is 0 Å². The van der Waals surface area contributed by atoms with Gasteiger partial charge in [-0.2, -0.15) is 5.26 Å². The predicted octanol–water partition coefficient (Wildman–Crippen LogP) is 5.50. The highest BCUT2D eigenvalue weighted by Crippen LogP contribution is 2.26. The lowest BCUT2D eigenvalue weighted by Gasteiger charge is -2.11. The molecule has 4 aromatic rings. The number of aryl methyl sites for hydroxylation is 1. The zero-order chi connectivity index (χ0) is 22.0. The maximum Gasteiger partial charge on any atom is 0.266 e. The summed E-state index contributed by atoms with van der Waals surface area (Å²) in [5.41, 5.74) is 4.30. The summed E-state index contributed by atoms with van der Waals surface area (Å²) in [5.74, 6) is -0.390. The van der Waals surface area contributed by atoms with Crippen LogP contribution in [0.3, 0.4) is 0 Å². The molecule has 152 valence electrons. The Morgan fingerprint density at radius 3 is 2.42 bits per heavy atom. The van der Waals surface area contributed by atoms with E-state index in [2.05, 4.69) is 40.2 Å². The second-order valence-electron chi connectivity index (χ2n) is 7.36. The SMILES string of the molecule is Cc1cc(C=C(C#N)C(=O)Nc2ccc(O)cc2)c(C)n1-c1ccc2ccccc2c1. The van der Waals surface area contributed by atoms with E-state index < -0.39 is 5.91 Å². The van der Waals surface area contributed by atoms with Crippen molar-refractivity contribution in [2.24, 2.45) is 0 Å². The van der Waals surface area contributed by atoms with Crippen LogP contribution in [0.4, 0.5) is 5.69 Å². The number of aromatic hydroxyl groups is 1. The van der Waals surface area contributed by atoms with E-state index in [9.17, 15) is 15.2 Å². The number of carbonyl (C=O) groups is 1. The largest absolute Gasteiger partial charge is 0.508 e. The van der Waals surface area contributed by atoms with E-state index in [-0.39, 0.29) is 11.3 Å². The van der Waals surface area contributed by atoms with E-state index >= 15 is 0 Å². The molecule has 0 aliphatic heterocycles. The first-order chi connectivity index (χ1) is 15.0. The smallest absolute Gasteiger partial charge is 0.266 e. The number of nitriles is 1. The van der Waals surface area contributed by atoms with Crippen molar-refractivity contribution < 1.29 is 9.90 Å². The Morgan fingerprint density at radius 1 is 1.00 bits per heavy atom. The van der Waals surface area contributed by atoms with E-state index in [1.165, 1.54) is 17.5 Å². The number of phenolic OH excluding ortho intramolecular Hbond substituents is 1. The summed E-state index contributed by atoms with van der Waals surface area (Å²) in [4.78, 5) is 12.6. The number of carbonyl (C=O) groups excluding carboxylic acids is 1. The fourth-order valence-electron chi connectivity index (χ4n) is 3.69. The predicted molar refractivity (Wildman–Crippen MR) is 123 cm³/mol. The molecule has 2 N–H and O–H groups in total. The minimum Gasteiger partial charge on any atom is -0.508 e. The van der Waals surface area contributed by atoms with Crippen LogP contribution in [0.2, 0.25) is 0 Å². The van der Waals surface area contributed by atoms with Crippen molar-refractivity contribution in [3.8, 4) is 17.5 Å². The topological polar surface area (TPSA) is 78.1 Å². The molecule has 0 saturated heterocycles. The van der Waals surface area contributed by atoms with Crippen LogP contribution in [0.1, 0.15) is 17.0 Å². The van der Waals surface area contributed by atoms with Gasteiger partial charge in [-0.25, -0.2) is 0 Å². The zero-order valence-electron chi connectivity index (χ0n) is 17.3. The molecule has 0 bridgehead atoms. The molecular weight excluding hydrogens is 386 g/mol. The first-order valence-electron chi connectivity index (χ1n) is 9.86. The Balaban J connectivity index is 1.67. The fourth-order valence-corrected chi connectivity index (χ4v) is 3.69. The second kappa shape index (κ2) is 8.21. The van der Waals surface area contributed by atoms with Crippen molar-refractivity contribution in [3.05, 3.63) is 95.3 Å². The van der Waals surface area contributed by atoms with Gasteiger partial charge >= 0.3 is 0 Å². The van der Waals surface area contributed by atoms with Crippen molar-refractivity contribution in [3.63, 3.8) is 0 Å². The number of amides is 1. The van der Waals surface area contributed by atoms with E-state index in [1.807, 2.05) is 38.1 Å². The average Bonchev–Trinajstić information content (AvgIpc) is 3.06. The maximum absolute atomic E-state index is 12.6. The highest BCUT2D eigenvalue weighted by molar-refractivity contribution is 6.09. The molecule has 0 aliphatic rings. The molecule has 3 aromatic carbocycles. The molecule has 1 amide bonds. The van der Waals surface area contributed by atoms with Gasteiger partial charge in [-0.05, 0) is 78.7 Å². The lowest BCUT2D eigenvalue weighted by atomic mass is 10.1. The van der Waals surface area contributed by atoms with Crippen molar-refractivity contribution in [1.82, 2.24) is 4.57 Å². The molecule has 1 aromatic heterocycles. The van der Waals surface area contributed by atoms with Crippen LogP contribution in [0.25, 0.3) is 22.5 Å². The maximum atomic E-state index is 12.6. The summed E-state index contributed by atoms with van der Waals surface area (Å²) < 4.78 is 2.12. The van der Waals surface area contributed by atoms with Crippen LogP contribution in [0.15, 0.2) is 78.4 Å². The number of aromatic nitrogens is 1. The number of nitrogens with one attached hydrogen (secondary N) is 1. The number of hydrogen-bond acceptors (Lipinski definition) is 3. The number of hydrogen-bond donors (Lipinski definition) is 2. The lowest BCUT2D eigenvalue weighted by molar-refractivity contribution is -0.112. The summed E-state index contributed by atoms with van der Waals surface area (Å²) >= 11 is 0. The minimum atomic E-state index is -0.497. The van der Waals surface area contributed by atoms with Gasteiger partial charge in [0.15, 0.2) is 0 Å². The van der Waals surface area contributed by atoms with E-state index in [1.54, 1.807) is 18.2 Å². The summed E-state index contributed by atoms with van der Waals surface area (Å²) in [7, 11) is 0. The minimum absolute atomic E-state index is 0.00633. The molecule has 0 unspecified atom stereocenters. The van der Waals surface area contributed by atoms with Gasteiger partial charge in [0.05, 0.1) is 0 Å². The summed E-state index contributed by atoms with van der Waals surface area (Å²) in [6.07, 6.45) is 1.61. The number of fused-ring (bicyclic) bond motifs is 1. The van der Waals surface area contributed by atoms with Crippen molar-refractivity contribution >= 4 is 28.4 Å². The summed E-state index contributed by atoms with van der Waals surface area (Å²) in [6, 6.07) is 24.5. The average molecular weight is 407 g/mol. The third-order valence-corrected chi connectivity index (χ3v) is 5.25. The third kappa shape index (κ3) is 4.05. The van der Waals surface area contributed by atoms with E-state index in [4.69, 9.17) is 0 Å². The summed E-state index contributed by atoms with van der Waals surface area (Å²) in [6.45, 7) is 3.98. The van der Waals surface area contributed by atoms with Crippen molar-refractivity contribution in [2.75, 3.05) is 5.32 Å². The lowest BCUT2D eigenvalue weighted by Crippen LogP contribution is -2.13. The van der Waals surface area contributed by atoms with E-state index in [0.29, 0.717) is 5.69 Å². The number of phenols is 1. The molecule has 1 heterocycles. The molecule has 4 rings (SSSR count). The second-order valence-corrected chi connectivity index (χ2v) is 7.36. The van der Waals surface area contributed by atoms with Crippen LogP contribution >= 0.6 is 0 Å². The highest BCUT2D eigenvalue weighted by Gasteiger charge is 2.14. The highest BCUT2D eigenvalue weighted by atomic mass is 16.3.